The summed E-state index contributed by atoms with van der Waals surface area (Å²) in [5, 5.41) is 12.8. The second-order valence-electron chi connectivity index (χ2n) is 11.5. The number of methoxy groups -OCH3 is 1. The molecule has 0 aliphatic carbocycles. The first-order valence-corrected chi connectivity index (χ1v) is 16.2. The molecule has 1 N–H and O–H groups in total. The average molecular weight is 742 g/mol. The Bertz CT molecular complexity index is 1660. The van der Waals surface area contributed by atoms with Gasteiger partial charge in [-0.15, -0.1) is 36.2 Å². The highest BCUT2D eigenvalue weighted by atomic mass is 35.5. The average Bonchev–Trinajstić information content (AvgIpc) is 3.54. The molecule has 4 aromatic rings. The maximum absolute atomic E-state index is 15.1. The van der Waals surface area contributed by atoms with Crippen molar-refractivity contribution in [3.8, 4) is 22.1 Å². The van der Waals surface area contributed by atoms with Crippen LogP contribution in [-0.2, 0) is 26.9 Å². The lowest BCUT2D eigenvalue weighted by Gasteiger charge is -2.48. The third kappa shape index (κ3) is 9.38. The molecule has 0 unspecified atom stereocenters. The third-order valence-corrected chi connectivity index (χ3v) is 9.28. The second-order valence-corrected chi connectivity index (χ2v) is 12.4. The Balaban J connectivity index is 0.00000270. The number of piperidine rings is 1. The minimum atomic E-state index is -4.79. The number of likely N-dealkylation sites (tertiary alicyclic amines) is 1. The molecule has 0 saturated carbocycles. The Kier molecular flexibility index (Phi) is 13.2. The van der Waals surface area contributed by atoms with Gasteiger partial charge < -0.3 is 29.3 Å². The number of amides is 1. The van der Waals surface area contributed by atoms with E-state index in [0.717, 1.165) is 25.2 Å². The number of hydrogen-bond donors (Lipinski definition) is 1. The first kappa shape index (κ1) is 38.3. The van der Waals surface area contributed by atoms with Gasteiger partial charge in [0.05, 0.1) is 54.7 Å². The summed E-state index contributed by atoms with van der Waals surface area (Å²) in [7, 11) is 1.66. The predicted molar refractivity (Wildman–Crippen MR) is 186 cm³/mol. The van der Waals surface area contributed by atoms with Crippen molar-refractivity contribution in [3.63, 3.8) is 0 Å². The maximum atomic E-state index is 15.1. The van der Waals surface area contributed by atoms with Gasteiger partial charge >= 0.3 is 6.18 Å². The Hall–Kier alpha value is -3.53. The van der Waals surface area contributed by atoms with Gasteiger partial charge in [-0.3, -0.25) is 4.79 Å². The molecule has 16 heteroatoms. The number of aromatic nitrogens is 3. The van der Waals surface area contributed by atoms with Crippen LogP contribution in [0.4, 0.5) is 24.5 Å². The molecule has 0 radical (unpaired) electrons. The zero-order valence-corrected chi connectivity index (χ0v) is 29.1. The van der Waals surface area contributed by atoms with Crippen molar-refractivity contribution in [3.05, 3.63) is 77.6 Å². The lowest BCUT2D eigenvalue weighted by Crippen LogP contribution is -2.57. The van der Waals surface area contributed by atoms with Crippen molar-refractivity contribution in [2.75, 3.05) is 63.3 Å². The summed E-state index contributed by atoms with van der Waals surface area (Å²) in [4.78, 5) is 21.9. The standard InChI is InChI=1S/C33H35F3N6O4S.2ClH/c1-44-17-15-41-13-10-32(11-14-41)22-42(16-18-45-32)30-26(7-8-27(29(30)33(34,35)36)46-25-5-3-2-4-6-25)40-28(43)19-24-21-47-31(39-24)23-9-12-37-38-20-23;;/h2-9,12,20-21H,10-11,13-19,22H2,1H3,(H,40,43);2*1H. The van der Waals surface area contributed by atoms with Crippen molar-refractivity contribution in [1.29, 1.82) is 0 Å². The number of ether oxygens (including phenoxy) is 3. The molecule has 2 aliphatic rings. The van der Waals surface area contributed by atoms with Gasteiger partial charge in [0.2, 0.25) is 5.91 Å². The fourth-order valence-electron chi connectivity index (χ4n) is 6.02. The molecular formula is C33H37Cl2F3N6O4S. The number of halogens is 5. The van der Waals surface area contributed by atoms with E-state index in [4.69, 9.17) is 14.2 Å². The number of carbonyl (C=O) groups is 1. The number of carbonyl (C=O) groups excluding carboxylic acids is 1. The highest BCUT2D eigenvalue weighted by molar-refractivity contribution is 7.13. The van der Waals surface area contributed by atoms with E-state index in [2.05, 4.69) is 25.4 Å². The predicted octanol–water partition coefficient (Wildman–Crippen LogP) is 6.75. The summed E-state index contributed by atoms with van der Waals surface area (Å²) in [5.41, 5.74) is -0.409. The molecule has 0 bridgehead atoms. The summed E-state index contributed by atoms with van der Waals surface area (Å²) in [5.74, 6) is -0.566. The van der Waals surface area contributed by atoms with Gasteiger partial charge in [0.25, 0.3) is 0 Å². The molecule has 1 amide bonds. The van der Waals surface area contributed by atoms with Crippen LogP contribution in [0.3, 0.4) is 0 Å². The Morgan fingerprint density at radius 3 is 2.53 bits per heavy atom. The van der Waals surface area contributed by atoms with Crippen LogP contribution in [0.1, 0.15) is 24.1 Å². The molecule has 10 nitrogen and oxygen atoms in total. The number of nitrogens with one attached hydrogen (secondary N) is 1. The van der Waals surface area contributed by atoms with Gasteiger partial charge in [-0.25, -0.2) is 4.98 Å². The molecule has 2 fully saturated rings. The Labute approximate surface area is 298 Å². The normalized spacial score (nSPS) is 16.0. The molecule has 49 heavy (non-hydrogen) atoms. The molecule has 2 aromatic heterocycles. The van der Waals surface area contributed by atoms with Gasteiger partial charge in [0.1, 0.15) is 22.1 Å². The van der Waals surface area contributed by atoms with Crippen molar-refractivity contribution >= 4 is 53.4 Å². The van der Waals surface area contributed by atoms with E-state index >= 15 is 13.2 Å². The molecule has 6 rings (SSSR count). The number of hydrogen-bond acceptors (Lipinski definition) is 10. The summed E-state index contributed by atoms with van der Waals surface area (Å²) < 4.78 is 62.7. The highest BCUT2D eigenvalue weighted by Gasteiger charge is 2.45. The molecule has 2 aliphatic heterocycles. The van der Waals surface area contributed by atoms with E-state index in [9.17, 15) is 4.79 Å². The minimum absolute atomic E-state index is 0. The van der Waals surface area contributed by atoms with Crippen LogP contribution in [0, 0.1) is 0 Å². The number of nitrogens with zero attached hydrogens (tertiary/aromatic N) is 5. The highest BCUT2D eigenvalue weighted by Crippen LogP contribution is 2.49. The van der Waals surface area contributed by atoms with Crippen LogP contribution in [0.15, 0.2) is 66.3 Å². The molecule has 4 heterocycles. The van der Waals surface area contributed by atoms with Crippen molar-refractivity contribution in [1.82, 2.24) is 20.1 Å². The van der Waals surface area contributed by atoms with E-state index in [-0.39, 0.29) is 73.8 Å². The van der Waals surface area contributed by atoms with E-state index in [0.29, 0.717) is 30.2 Å². The van der Waals surface area contributed by atoms with Crippen LogP contribution in [0.2, 0.25) is 0 Å². The number of para-hydroxylation sites is 1. The summed E-state index contributed by atoms with van der Waals surface area (Å²) in [6, 6.07) is 12.8. The molecular weight excluding hydrogens is 704 g/mol. The number of benzene rings is 2. The third-order valence-electron chi connectivity index (χ3n) is 8.34. The molecule has 2 saturated heterocycles. The first-order valence-electron chi connectivity index (χ1n) is 15.3. The second kappa shape index (κ2) is 16.9. The number of alkyl halides is 3. The molecule has 2 aromatic carbocycles. The minimum Gasteiger partial charge on any atom is -0.457 e. The largest absolute Gasteiger partial charge is 0.457 e. The van der Waals surface area contributed by atoms with Crippen molar-refractivity contribution < 1.29 is 32.2 Å². The van der Waals surface area contributed by atoms with E-state index in [1.54, 1.807) is 66.2 Å². The maximum Gasteiger partial charge on any atom is 0.422 e. The van der Waals surface area contributed by atoms with E-state index < -0.39 is 23.2 Å². The van der Waals surface area contributed by atoms with E-state index in [1.165, 1.54) is 23.5 Å². The van der Waals surface area contributed by atoms with Gasteiger partial charge in [-0.2, -0.15) is 23.4 Å². The fourth-order valence-corrected chi connectivity index (χ4v) is 6.83. The van der Waals surface area contributed by atoms with E-state index in [1.807, 2.05) is 0 Å². The zero-order valence-electron chi connectivity index (χ0n) is 26.6. The quantitative estimate of drug-likeness (QED) is 0.189. The first-order chi connectivity index (χ1) is 22.7. The molecule has 0 atom stereocenters. The number of anilines is 2. The molecule has 1 spiro atoms. The monoisotopic (exact) mass is 740 g/mol. The van der Waals surface area contributed by atoms with Crippen molar-refractivity contribution in [2.24, 2.45) is 0 Å². The van der Waals surface area contributed by atoms with Gasteiger partial charge in [-0.1, -0.05) is 18.2 Å². The van der Waals surface area contributed by atoms with Crippen LogP contribution in [0.25, 0.3) is 10.6 Å². The SMILES string of the molecule is COCCN1CCC2(CC1)CN(c1c(NC(=O)Cc3csc(-c4ccnnc4)n3)ccc(Oc3ccccc3)c1C(F)(F)F)CCO2.Cl.Cl. The lowest BCUT2D eigenvalue weighted by molar-refractivity contribution is -0.138. The molecule has 264 valence electrons. The van der Waals surface area contributed by atoms with Crippen LogP contribution in [-0.4, -0.2) is 84.6 Å². The number of rotatable bonds is 10. The van der Waals surface area contributed by atoms with Gasteiger partial charge in [0.15, 0.2) is 0 Å². The number of morpholine rings is 1. The van der Waals surface area contributed by atoms with Crippen molar-refractivity contribution in [2.45, 2.75) is 31.0 Å². The number of thiazole rings is 1. The topological polar surface area (TPSA) is 102 Å². The Morgan fingerprint density at radius 1 is 1.06 bits per heavy atom. The van der Waals surface area contributed by atoms with Gasteiger partial charge in [-0.05, 0) is 43.2 Å². The van der Waals surface area contributed by atoms with Crippen LogP contribution < -0.4 is 15.0 Å². The summed E-state index contributed by atoms with van der Waals surface area (Å²) in [6.07, 6.45) is -0.467. The summed E-state index contributed by atoms with van der Waals surface area (Å²) >= 11 is 1.35. The fraction of sp³-hybridized carbons (Fsp3) is 0.394. The summed E-state index contributed by atoms with van der Waals surface area (Å²) in [6.45, 7) is 3.58. The Morgan fingerprint density at radius 2 is 1.84 bits per heavy atom. The van der Waals surface area contributed by atoms with Gasteiger partial charge in [0, 0.05) is 50.8 Å². The van der Waals surface area contributed by atoms with Crippen LogP contribution in [0.5, 0.6) is 11.5 Å². The smallest absolute Gasteiger partial charge is 0.422 e. The van der Waals surface area contributed by atoms with Crippen LogP contribution >= 0.6 is 36.2 Å². The lowest BCUT2D eigenvalue weighted by atomic mass is 9.88. The zero-order chi connectivity index (χ0) is 32.9.